The van der Waals surface area contributed by atoms with Crippen molar-refractivity contribution in [2.24, 2.45) is 0 Å². The lowest BCUT2D eigenvalue weighted by Crippen LogP contribution is -2.41. The first-order chi connectivity index (χ1) is 8.84. The van der Waals surface area contributed by atoms with E-state index in [2.05, 4.69) is 14.9 Å². The van der Waals surface area contributed by atoms with Crippen LogP contribution in [0.5, 0.6) is 0 Å². The minimum Gasteiger partial charge on any atom is -0.478 e. The fourth-order valence-electron chi connectivity index (χ4n) is 2.14. The number of sulfonamides is 1. The summed E-state index contributed by atoms with van der Waals surface area (Å²) in [6.07, 6.45) is 3.70. The molecule has 0 saturated heterocycles. The molecule has 1 aromatic heterocycles. The third kappa shape index (κ3) is 2.94. The van der Waals surface area contributed by atoms with Gasteiger partial charge in [0.15, 0.2) is 5.03 Å². The van der Waals surface area contributed by atoms with Crippen molar-refractivity contribution in [3.05, 3.63) is 11.8 Å². The van der Waals surface area contributed by atoms with Gasteiger partial charge in [0.2, 0.25) is 0 Å². The smallest absolute Gasteiger partial charge is 0.340 e. The molecule has 1 heterocycles. The molecule has 1 aromatic rings. The first-order valence-electron chi connectivity index (χ1n) is 5.83. The minimum atomic E-state index is -4.03. The van der Waals surface area contributed by atoms with E-state index < -0.39 is 32.2 Å². The molecule has 0 aliphatic heterocycles. The standard InChI is InChI=1S/C10H15N3O5S/c14-9(15)7-5-11-13-8(7)19(17,18)12-6-10(16)3-1-2-4-10/h5,12,16H,1-4,6H2,(H,11,13)(H,14,15). The van der Waals surface area contributed by atoms with Crippen molar-refractivity contribution in [3.8, 4) is 0 Å². The molecule has 0 radical (unpaired) electrons. The van der Waals surface area contributed by atoms with Gasteiger partial charge in [0.05, 0.1) is 11.8 Å². The molecule has 2 rings (SSSR count). The molecule has 19 heavy (non-hydrogen) atoms. The summed E-state index contributed by atoms with van der Waals surface area (Å²) >= 11 is 0. The quantitative estimate of drug-likeness (QED) is 0.588. The molecule has 1 fully saturated rings. The summed E-state index contributed by atoms with van der Waals surface area (Å²) in [6, 6.07) is 0. The molecular weight excluding hydrogens is 274 g/mol. The van der Waals surface area contributed by atoms with Crippen LogP contribution in [-0.4, -0.2) is 46.9 Å². The van der Waals surface area contributed by atoms with Crippen LogP contribution in [0.1, 0.15) is 36.0 Å². The van der Waals surface area contributed by atoms with E-state index in [1.54, 1.807) is 0 Å². The summed E-state index contributed by atoms with van der Waals surface area (Å²) < 4.78 is 26.1. The number of hydrogen-bond donors (Lipinski definition) is 4. The Morgan fingerprint density at radius 2 is 2.11 bits per heavy atom. The van der Waals surface area contributed by atoms with Gasteiger partial charge in [0, 0.05) is 6.54 Å². The topological polar surface area (TPSA) is 132 Å². The van der Waals surface area contributed by atoms with Gasteiger partial charge in [-0.1, -0.05) is 12.8 Å². The van der Waals surface area contributed by atoms with Crippen LogP contribution in [0, 0.1) is 0 Å². The van der Waals surface area contributed by atoms with Crippen LogP contribution in [-0.2, 0) is 10.0 Å². The summed E-state index contributed by atoms with van der Waals surface area (Å²) in [4.78, 5) is 10.9. The number of aromatic nitrogens is 2. The van der Waals surface area contributed by atoms with Crippen molar-refractivity contribution in [3.63, 3.8) is 0 Å². The van der Waals surface area contributed by atoms with Gasteiger partial charge in [-0.2, -0.15) is 5.10 Å². The molecule has 0 spiro atoms. The zero-order chi connectivity index (χ0) is 14.1. The van der Waals surface area contributed by atoms with Gasteiger partial charge in [0.1, 0.15) is 5.56 Å². The van der Waals surface area contributed by atoms with Crippen molar-refractivity contribution in [2.45, 2.75) is 36.3 Å². The van der Waals surface area contributed by atoms with Crippen LogP contribution >= 0.6 is 0 Å². The Labute approximate surface area is 109 Å². The number of carboxylic acids is 1. The van der Waals surface area contributed by atoms with Crippen molar-refractivity contribution >= 4 is 16.0 Å². The van der Waals surface area contributed by atoms with E-state index in [-0.39, 0.29) is 6.54 Å². The number of rotatable bonds is 5. The Balaban J connectivity index is 2.14. The number of hydrogen-bond acceptors (Lipinski definition) is 5. The lowest BCUT2D eigenvalue weighted by molar-refractivity contribution is 0.0531. The van der Waals surface area contributed by atoms with Crippen molar-refractivity contribution < 1.29 is 23.4 Å². The Hall–Kier alpha value is -1.45. The van der Waals surface area contributed by atoms with E-state index in [0.29, 0.717) is 12.8 Å². The van der Waals surface area contributed by atoms with Gasteiger partial charge in [-0.25, -0.2) is 17.9 Å². The number of carboxylic acid groups (broad SMARTS) is 1. The average Bonchev–Trinajstić information content (AvgIpc) is 2.96. The van der Waals surface area contributed by atoms with Crippen LogP contribution in [0.2, 0.25) is 0 Å². The number of H-pyrrole nitrogens is 1. The first kappa shape index (κ1) is 14.0. The summed E-state index contributed by atoms with van der Waals surface area (Å²) in [5, 5.41) is 24.0. The zero-order valence-electron chi connectivity index (χ0n) is 10.1. The highest BCUT2D eigenvalue weighted by molar-refractivity contribution is 7.89. The third-order valence-electron chi connectivity index (χ3n) is 3.23. The van der Waals surface area contributed by atoms with Gasteiger partial charge < -0.3 is 10.2 Å². The molecule has 1 saturated carbocycles. The van der Waals surface area contributed by atoms with Gasteiger partial charge in [-0.15, -0.1) is 0 Å². The maximum Gasteiger partial charge on any atom is 0.340 e. The molecule has 8 nitrogen and oxygen atoms in total. The van der Waals surface area contributed by atoms with Crippen LogP contribution in [0.3, 0.4) is 0 Å². The van der Waals surface area contributed by atoms with Crippen molar-refractivity contribution in [1.82, 2.24) is 14.9 Å². The van der Waals surface area contributed by atoms with Crippen LogP contribution in [0.15, 0.2) is 11.2 Å². The largest absolute Gasteiger partial charge is 0.478 e. The molecule has 1 aliphatic rings. The Morgan fingerprint density at radius 1 is 1.47 bits per heavy atom. The molecule has 0 amide bonds. The van der Waals surface area contributed by atoms with E-state index in [1.807, 2.05) is 0 Å². The monoisotopic (exact) mass is 289 g/mol. The highest BCUT2D eigenvalue weighted by Gasteiger charge is 2.34. The Kier molecular flexibility index (Phi) is 3.61. The molecule has 106 valence electrons. The first-order valence-corrected chi connectivity index (χ1v) is 7.31. The molecule has 0 unspecified atom stereocenters. The van der Waals surface area contributed by atoms with Crippen LogP contribution in [0.4, 0.5) is 0 Å². The second kappa shape index (κ2) is 4.91. The van der Waals surface area contributed by atoms with E-state index in [4.69, 9.17) is 5.11 Å². The Morgan fingerprint density at radius 3 is 2.68 bits per heavy atom. The van der Waals surface area contributed by atoms with Gasteiger partial charge in [-0.3, -0.25) is 5.10 Å². The summed E-state index contributed by atoms with van der Waals surface area (Å²) in [7, 11) is -4.03. The van der Waals surface area contributed by atoms with Crippen LogP contribution < -0.4 is 4.72 Å². The summed E-state index contributed by atoms with van der Waals surface area (Å²) in [5.74, 6) is -1.38. The van der Waals surface area contributed by atoms with E-state index >= 15 is 0 Å². The predicted octanol–water partition coefficient (Wildman–Crippen LogP) is -0.309. The fraction of sp³-hybridized carbons (Fsp3) is 0.600. The van der Waals surface area contributed by atoms with Gasteiger partial charge in [-0.05, 0) is 12.8 Å². The minimum absolute atomic E-state index is 0.132. The number of carbonyl (C=O) groups is 1. The third-order valence-corrected chi connectivity index (χ3v) is 4.60. The molecule has 1 aliphatic carbocycles. The Bertz CT molecular complexity index is 574. The highest BCUT2D eigenvalue weighted by Crippen LogP contribution is 2.29. The maximum atomic E-state index is 12.0. The summed E-state index contributed by atoms with van der Waals surface area (Å²) in [5.41, 5.74) is -1.47. The zero-order valence-corrected chi connectivity index (χ0v) is 10.9. The molecule has 9 heteroatoms. The molecule has 0 atom stereocenters. The number of aliphatic hydroxyl groups is 1. The number of nitrogens with one attached hydrogen (secondary N) is 2. The molecule has 0 bridgehead atoms. The van der Waals surface area contributed by atoms with Crippen molar-refractivity contribution in [1.29, 1.82) is 0 Å². The van der Waals surface area contributed by atoms with E-state index in [9.17, 15) is 18.3 Å². The maximum absolute atomic E-state index is 12.0. The SMILES string of the molecule is O=C(O)c1cn[nH]c1S(=O)(=O)NCC1(O)CCCC1. The van der Waals surface area contributed by atoms with E-state index in [0.717, 1.165) is 19.0 Å². The number of aromatic amines is 1. The lowest BCUT2D eigenvalue weighted by Gasteiger charge is -2.22. The molecule has 0 aromatic carbocycles. The van der Waals surface area contributed by atoms with Gasteiger partial charge >= 0.3 is 5.97 Å². The second-order valence-corrected chi connectivity index (χ2v) is 6.38. The highest BCUT2D eigenvalue weighted by atomic mass is 32.2. The number of nitrogens with zero attached hydrogens (tertiary/aromatic N) is 1. The molecular formula is C10H15N3O5S. The predicted molar refractivity (Wildman–Crippen MR) is 64.2 cm³/mol. The van der Waals surface area contributed by atoms with E-state index in [1.165, 1.54) is 0 Å². The van der Waals surface area contributed by atoms with Crippen molar-refractivity contribution in [2.75, 3.05) is 6.54 Å². The average molecular weight is 289 g/mol. The normalized spacial score (nSPS) is 18.6. The van der Waals surface area contributed by atoms with Gasteiger partial charge in [0.25, 0.3) is 10.0 Å². The number of aromatic carboxylic acids is 1. The second-order valence-electron chi connectivity index (χ2n) is 4.67. The summed E-state index contributed by atoms with van der Waals surface area (Å²) in [6.45, 7) is -0.132. The van der Waals surface area contributed by atoms with Crippen LogP contribution in [0.25, 0.3) is 0 Å². The molecule has 4 N–H and O–H groups in total. The fourth-order valence-corrected chi connectivity index (χ4v) is 3.35. The lowest BCUT2D eigenvalue weighted by atomic mass is 10.0.